The molecule has 0 atom stereocenters. The van der Waals surface area contributed by atoms with E-state index in [1.165, 1.54) is 12.1 Å². The molecule has 242 valence electrons. The number of hydrogen-bond donors (Lipinski definition) is 1. The van der Waals surface area contributed by atoms with Crippen LogP contribution in [0, 0.1) is 0 Å². The lowest BCUT2D eigenvalue weighted by molar-refractivity contribution is 0.0354. The maximum absolute atomic E-state index is 14.0. The van der Waals surface area contributed by atoms with E-state index in [4.69, 9.17) is 32.7 Å². The molecule has 0 saturated carbocycles. The van der Waals surface area contributed by atoms with Crippen LogP contribution in [0.15, 0.2) is 53.5 Å². The van der Waals surface area contributed by atoms with Crippen LogP contribution < -0.4 is 10.3 Å². The molecule has 3 heterocycles. The number of fused-ring (bicyclic) bond motifs is 1. The number of nitrogens with zero attached hydrogens (tertiary/aromatic N) is 3. The lowest BCUT2D eigenvalue weighted by Crippen LogP contribution is -2.55. The number of piperidine rings is 2. The number of carbonyl (C=O) groups excluding carboxylic acids is 2. The van der Waals surface area contributed by atoms with Gasteiger partial charge >= 0.3 is 16.3 Å². The topological polar surface area (TPSA) is 129 Å². The number of imide groups is 1. The minimum atomic E-state index is -4.63. The first-order chi connectivity index (χ1) is 21.2. The van der Waals surface area contributed by atoms with Gasteiger partial charge in [-0.3, -0.25) is 9.59 Å². The smallest absolute Gasteiger partial charge is 0.432 e. The van der Waals surface area contributed by atoms with Crippen molar-refractivity contribution in [1.29, 1.82) is 0 Å². The van der Waals surface area contributed by atoms with E-state index < -0.39 is 33.4 Å². The molecule has 2 amide bonds. The molecule has 2 saturated heterocycles. The molecule has 0 radical (unpaired) electrons. The Balaban J connectivity index is 1.28. The van der Waals surface area contributed by atoms with Crippen LogP contribution in [-0.2, 0) is 14.9 Å². The molecule has 0 bridgehead atoms. The summed E-state index contributed by atoms with van der Waals surface area (Å²) in [6.07, 6.45) is 2.48. The van der Waals surface area contributed by atoms with Crippen LogP contribution in [0.1, 0.15) is 56.8 Å². The van der Waals surface area contributed by atoms with E-state index in [0.717, 1.165) is 36.4 Å². The minimum absolute atomic E-state index is 0.0244. The van der Waals surface area contributed by atoms with Gasteiger partial charge in [0.15, 0.2) is 0 Å². The first kappa shape index (κ1) is 33.2. The Morgan fingerprint density at radius 1 is 0.933 bits per heavy atom. The Hall–Kier alpha value is -3.16. The molecule has 1 aromatic heterocycles. The van der Waals surface area contributed by atoms with E-state index in [1.807, 2.05) is 0 Å². The molecule has 5 rings (SSSR count). The third-order valence-electron chi connectivity index (χ3n) is 7.95. The van der Waals surface area contributed by atoms with Crippen molar-refractivity contribution in [2.75, 3.05) is 26.2 Å². The van der Waals surface area contributed by atoms with Gasteiger partial charge in [-0.05, 0) is 64.7 Å². The number of aromatic nitrogens is 1. The van der Waals surface area contributed by atoms with E-state index in [-0.39, 0.29) is 45.9 Å². The van der Waals surface area contributed by atoms with Gasteiger partial charge in [0, 0.05) is 55.3 Å². The molecule has 2 aliphatic rings. The number of carbonyl (C=O) groups is 2. The molecular formula is C31H36Cl2N4O7S. The van der Waals surface area contributed by atoms with Crippen molar-refractivity contribution in [3.8, 4) is 5.75 Å². The Morgan fingerprint density at radius 3 is 2.20 bits per heavy atom. The molecule has 2 aromatic carbocycles. The Morgan fingerprint density at radius 2 is 1.58 bits per heavy atom. The van der Waals surface area contributed by atoms with Gasteiger partial charge in [0.2, 0.25) is 0 Å². The fourth-order valence-corrected chi connectivity index (χ4v) is 7.46. The van der Waals surface area contributed by atoms with Gasteiger partial charge in [-0.25, -0.2) is 4.79 Å². The van der Waals surface area contributed by atoms with Gasteiger partial charge in [0.25, 0.3) is 11.5 Å². The lowest BCUT2D eigenvalue weighted by Gasteiger charge is -2.41. The minimum Gasteiger partial charge on any atom is -0.490 e. The van der Waals surface area contributed by atoms with E-state index in [9.17, 15) is 22.8 Å². The van der Waals surface area contributed by atoms with E-state index in [1.54, 1.807) is 51.1 Å². The summed E-state index contributed by atoms with van der Waals surface area (Å²) in [7, 11) is -4.63. The summed E-state index contributed by atoms with van der Waals surface area (Å²) >= 11 is 12.1. The molecule has 1 N–H and O–H groups in total. The molecule has 0 spiro atoms. The Labute approximate surface area is 272 Å². The zero-order chi connectivity index (χ0) is 32.5. The molecule has 14 heteroatoms. The van der Waals surface area contributed by atoms with Gasteiger partial charge in [-0.15, -0.1) is 4.31 Å². The highest BCUT2D eigenvalue weighted by Gasteiger charge is 2.44. The highest BCUT2D eigenvalue weighted by atomic mass is 35.5. The zero-order valence-corrected chi connectivity index (χ0v) is 27.6. The third-order valence-corrected chi connectivity index (χ3v) is 10.5. The van der Waals surface area contributed by atoms with Crippen LogP contribution in [0.3, 0.4) is 0 Å². The van der Waals surface area contributed by atoms with Gasteiger partial charge in [-0.2, -0.15) is 12.7 Å². The zero-order valence-electron chi connectivity index (χ0n) is 25.3. The van der Waals surface area contributed by atoms with Gasteiger partial charge in [0.05, 0.1) is 15.6 Å². The van der Waals surface area contributed by atoms with Crippen LogP contribution in [0.4, 0.5) is 4.79 Å². The van der Waals surface area contributed by atoms with Crippen LogP contribution in [0.25, 0.3) is 10.8 Å². The average molecular weight is 680 g/mol. The first-order valence-corrected chi connectivity index (χ1v) is 16.9. The van der Waals surface area contributed by atoms with Crippen molar-refractivity contribution in [2.45, 2.75) is 64.2 Å². The number of ether oxygens (including phenoxy) is 2. The van der Waals surface area contributed by atoms with Crippen molar-refractivity contribution < 1.29 is 27.5 Å². The van der Waals surface area contributed by atoms with Crippen molar-refractivity contribution in [1.82, 2.24) is 18.5 Å². The number of likely N-dealkylation sites (tertiary alicyclic amines) is 1. The summed E-state index contributed by atoms with van der Waals surface area (Å²) in [6.45, 7) is 6.55. The average Bonchev–Trinajstić information content (AvgIpc) is 2.99. The fraction of sp³-hybridized carbons (Fsp3) is 0.452. The summed E-state index contributed by atoms with van der Waals surface area (Å²) in [5.41, 5.74) is -1.65. The normalized spacial score (nSPS) is 17.7. The van der Waals surface area contributed by atoms with Crippen LogP contribution in [0.5, 0.6) is 5.75 Å². The Bertz CT molecular complexity index is 1740. The molecule has 0 aliphatic carbocycles. The highest BCUT2D eigenvalue weighted by molar-refractivity contribution is 7.87. The first-order valence-electron chi connectivity index (χ1n) is 14.8. The second kappa shape index (κ2) is 13.3. The molecule has 3 aromatic rings. The molecular weight excluding hydrogens is 643 g/mol. The summed E-state index contributed by atoms with van der Waals surface area (Å²) in [5.74, 6) is -0.441. The van der Waals surface area contributed by atoms with Gasteiger partial charge < -0.3 is 19.4 Å². The molecule has 11 nitrogen and oxygen atoms in total. The van der Waals surface area contributed by atoms with Crippen LogP contribution in [0.2, 0.25) is 10.0 Å². The Kier molecular flexibility index (Phi) is 9.81. The largest absolute Gasteiger partial charge is 0.490 e. The number of H-pyrrole nitrogens is 1. The summed E-state index contributed by atoms with van der Waals surface area (Å²) < 4.78 is 40.8. The van der Waals surface area contributed by atoms with Crippen molar-refractivity contribution in [3.63, 3.8) is 0 Å². The van der Waals surface area contributed by atoms with Gasteiger partial charge in [0.1, 0.15) is 17.5 Å². The quantitative estimate of drug-likeness (QED) is 0.364. The van der Waals surface area contributed by atoms with Crippen molar-refractivity contribution in [2.24, 2.45) is 0 Å². The van der Waals surface area contributed by atoms with Gasteiger partial charge in [-0.1, -0.05) is 41.4 Å². The third kappa shape index (κ3) is 7.47. The summed E-state index contributed by atoms with van der Waals surface area (Å²) in [4.78, 5) is 44.4. The van der Waals surface area contributed by atoms with E-state index >= 15 is 0 Å². The predicted molar refractivity (Wildman–Crippen MR) is 172 cm³/mol. The lowest BCUT2D eigenvalue weighted by atomic mass is 10.00. The number of halogens is 2. The van der Waals surface area contributed by atoms with Crippen LogP contribution in [-0.4, -0.2) is 82.8 Å². The van der Waals surface area contributed by atoms with Crippen molar-refractivity contribution in [3.05, 3.63) is 74.6 Å². The number of rotatable bonds is 6. The molecule has 2 aliphatic heterocycles. The number of hydrogen-bond acceptors (Lipinski definition) is 8. The molecule has 45 heavy (non-hydrogen) atoms. The number of nitrogens with one attached hydrogen (secondary N) is 1. The SMILES string of the molecule is CC(C)(C)OC(=O)N(C(=O)c1c[nH]c(=O)c2ccccc12)S(=O)(=O)N1CCC(N2CCC(Oc3ccc(Cl)c(Cl)c3)CC2)CC1. The number of amides is 2. The summed E-state index contributed by atoms with van der Waals surface area (Å²) in [6, 6.07) is 11.6. The van der Waals surface area contributed by atoms with E-state index in [0.29, 0.717) is 28.6 Å². The maximum Gasteiger partial charge on any atom is 0.432 e. The monoisotopic (exact) mass is 678 g/mol. The molecule has 0 unspecified atom stereocenters. The predicted octanol–water partition coefficient (Wildman–Crippen LogP) is 5.46. The second-order valence-electron chi connectivity index (χ2n) is 12.2. The van der Waals surface area contributed by atoms with Crippen LogP contribution >= 0.6 is 23.2 Å². The maximum atomic E-state index is 14.0. The number of benzene rings is 2. The highest BCUT2D eigenvalue weighted by Crippen LogP contribution is 2.30. The van der Waals surface area contributed by atoms with Crippen molar-refractivity contribution >= 4 is 56.2 Å². The van der Waals surface area contributed by atoms with E-state index in [2.05, 4.69) is 9.88 Å². The summed E-state index contributed by atoms with van der Waals surface area (Å²) in [5, 5.41) is 1.32. The second-order valence-corrected chi connectivity index (χ2v) is 14.8. The standard InChI is InChI=1S/C31H36Cl2N4O7S/c1-31(2,3)44-30(40)37(29(39)25-19-34-28(38)24-7-5-4-6-23(24)25)45(41,42)36-16-10-20(11-17-36)35-14-12-21(13-15-35)43-22-8-9-26(32)27(33)18-22/h4-9,18-21H,10-17H2,1-3H3,(H,34,38). The number of aromatic amines is 1. The number of pyridine rings is 1. The fourth-order valence-electron chi connectivity index (χ4n) is 5.74. The molecule has 2 fully saturated rings.